The summed E-state index contributed by atoms with van der Waals surface area (Å²) in [6.07, 6.45) is 4.34. The molecule has 2 aliphatic rings. The van der Waals surface area contributed by atoms with Gasteiger partial charge in [0, 0.05) is 37.9 Å². The topological polar surface area (TPSA) is 130 Å². The van der Waals surface area contributed by atoms with Crippen LogP contribution in [0.2, 0.25) is 5.02 Å². The van der Waals surface area contributed by atoms with E-state index in [1.165, 1.54) is 7.11 Å². The van der Waals surface area contributed by atoms with Crippen LogP contribution in [0, 0.1) is 5.92 Å². The molecule has 1 aliphatic carbocycles. The van der Waals surface area contributed by atoms with Gasteiger partial charge in [0.15, 0.2) is 5.82 Å². The fourth-order valence-corrected chi connectivity index (χ4v) is 5.07. The number of anilines is 1. The number of amides is 4. The normalized spacial score (nSPS) is 23.5. The first kappa shape index (κ1) is 24.0. The third kappa shape index (κ3) is 4.58. The summed E-state index contributed by atoms with van der Waals surface area (Å²) in [5.74, 6) is -0.192. The number of ether oxygens (including phenoxy) is 1. The van der Waals surface area contributed by atoms with Crippen LogP contribution >= 0.6 is 11.6 Å². The van der Waals surface area contributed by atoms with Crippen molar-refractivity contribution in [3.63, 3.8) is 0 Å². The predicted molar refractivity (Wildman–Crippen MR) is 125 cm³/mol. The summed E-state index contributed by atoms with van der Waals surface area (Å²) in [5.41, 5.74) is 4.89. The van der Waals surface area contributed by atoms with Gasteiger partial charge in [0.05, 0.1) is 5.02 Å². The van der Waals surface area contributed by atoms with Gasteiger partial charge in [0.2, 0.25) is 0 Å². The number of nitrogens with one attached hydrogen (secondary N) is 3. The molecular formula is C22H28ClN7O4. The smallest absolute Gasteiger partial charge is 0.323 e. The molecule has 1 aromatic heterocycles. The Morgan fingerprint density at radius 3 is 2.74 bits per heavy atom. The van der Waals surface area contributed by atoms with Crippen molar-refractivity contribution in [3.05, 3.63) is 29.5 Å². The third-order valence-corrected chi connectivity index (χ3v) is 6.70. The number of benzene rings is 1. The van der Waals surface area contributed by atoms with Crippen molar-refractivity contribution in [2.75, 3.05) is 19.0 Å². The van der Waals surface area contributed by atoms with Gasteiger partial charge in [-0.3, -0.25) is 25.1 Å². The zero-order valence-electron chi connectivity index (χ0n) is 19.3. The Kier molecular flexibility index (Phi) is 6.76. The molecule has 4 rings (SSSR count). The van der Waals surface area contributed by atoms with Crippen molar-refractivity contribution >= 4 is 35.1 Å². The van der Waals surface area contributed by atoms with Crippen molar-refractivity contribution in [2.45, 2.75) is 44.2 Å². The first-order valence-corrected chi connectivity index (χ1v) is 11.5. The summed E-state index contributed by atoms with van der Waals surface area (Å²) in [4.78, 5) is 44.2. The molecular weight excluding hydrogens is 462 g/mol. The SMILES string of the molecule is COCC(=O)NNC(=O)C12CC(C)CCC(C1)N2C(=O)Nc1ccc(Cl)c(-c2ncn(C)n2)c1. The summed E-state index contributed by atoms with van der Waals surface area (Å²) < 4.78 is 6.34. The van der Waals surface area contributed by atoms with E-state index in [4.69, 9.17) is 16.3 Å². The number of rotatable bonds is 5. The molecule has 3 N–H and O–H groups in total. The van der Waals surface area contributed by atoms with Gasteiger partial charge < -0.3 is 15.0 Å². The Hall–Kier alpha value is -3.18. The zero-order chi connectivity index (χ0) is 24.5. The molecule has 2 aromatic rings. The van der Waals surface area contributed by atoms with Gasteiger partial charge in [-0.15, -0.1) is 0 Å². The molecule has 182 valence electrons. The first-order chi connectivity index (χ1) is 16.2. The van der Waals surface area contributed by atoms with Crippen LogP contribution < -0.4 is 16.2 Å². The number of carbonyl (C=O) groups excluding carboxylic acids is 3. The van der Waals surface area contributed by atoms with Crippen LogP contribution in [0.5, 0.6) is 0 Å². The molecule has 0 radical (unpaired) electrons. The number of methoxy groups -OCH3 is 1. The standard InChI is InChI=1S/C22H28ClN7O4/c1-13-4-6-15-10-22(9-13,20(32)27-26-18(31)11-34-3)30(15)21(33)25-14-5-7-17(23)16(8-14)19-24-12-29(2)28-19/h5,7-8,12-13,15H,4,6,9-11H2,1-3H3,(H,25,33)(H,26,31)(H,27,32). The summed E-state index contributed by atoms with van der Waals surface area (Å²) in [7, 11) is 3.15. The molecule has 1 saturated carbocycles. The number of carbonyl (C=O) groups is 3. The van der Waals surface area contributed by atoms with Gasteiger partial charge in [-0.1, -0.05) is 18.5 Å². The van der Waals surface area contributed by atoms with E-state index in [-0.39, 0.29) is 24.6 Å². The highest BCUT2D eigenvalue weighted by atomic mass is 35.5. The summed E-state index contributed by atoms with van der Waals surface area (Å²) in [6.45, 7) is 1.89. The van der Waals surface area contributed by atoms with Crippen LogP contribution in [-0.4, -0.2) is 62.8 Å². The fourth-order valence-electron chi connectivity index (χ4n) is 4.87. The Morgan fingerprint density at radius 1 is 1.24 bits per heavy atom. The maximum Gasteiger partial charge on any atom is 0.323 e. The van der Waals surface area contributed by atoms with Crippen molar-refractivity contribution < 1.29 is 19.1 Å². The molecule has 2 heterocycles. The highest BCUT2D eigenvalue weighted by Gasteiger charge is 2.60. The largest absolute Gasteiger partial charge is 0.375 e. The lowest BCUT2D eigenvalue weighted by Gasteiger charge is -2.55. The molecule has 0 spiro atoms. The Morgan fingerprint density at radius 2 is 2.03 bits per heavy atom. The summed E-state index contributed by atoms with van der Waals surface area (Å²) in [6, 6.07) is 4.62. The average molecular weight is 490 g/mol. The molecule has 11 nitrogen and oxygen atoms in total. The highest BCUT2D eigenvalue weighted by molar-refractivity contribution is 6.33. The van der Waals surface area contributed by atoms with Crippen LogP contribution in [0.15, 0.2) is 24.5 Å². The Labute approximate surface area is 202 Å². The number of fused-ring (bicyclic) bond motifs is 2. The number of halogens is 1. The Bertz CT molecular complexity index is 1110. The number of nitrogens with zero attached hydrogens (tertiary/aromatic N) is 4. The average Bonchev–Trinajstić information content (AvgIpc) is 3.05. The number of hydrogen-bond acceptors (Lipinski definition) is 6. The maximum atomic E-state index is 13.4. The van der Waals surface area contributed by atoms with Crippen LogP contribution in [-0.2, 0) is 21.4 Å². The number of likely N-dealkylation sites (tertiary alicyclic amines) is 1. The molecule has 12 heteroatoms. The van der Waals surface area contributed by atoms with E-state index in [9.17, 15) is 14.4 Å². The molecule has 1 aliphatic heterocycles. The van der Waals surface area contributed by atoms with Gasteiger partial charge in [0.25, 0.3) is 11.8 Å². The zero-order valence-corrected chi connectivity index (χ0v) is 20.1. The summed E-state index contributed by atoms with van der Waals surface area (Å²) >= 11 is 6.33. The first-order valence-electron chi connectivity index (χ1n) is 11.1. The second kappa shape index (κ2) is 9.59. The predicted octanol–water partition coefficient (Wildman–Crippen LogP) is 2.09. The number of hydrazine groups is 1. The lowest BCUT2D eigenvalue weighted by molar-refractivity contribution is -0.147. The number of hydrogen-bond donors (Lipinski definition) is 3. The molecule has 4 amide bonds. The molecule has 1 saturated heterocycles. The molecule has 3 unspecified atom stereocenters. The monoisotopic (exact) mass is 489 g/mol. The highest BCUT2D eigenvalue weighted by Crippen LogP contribution is 2.48. The van der Waals surface area contributed by atoms with Crippen molar-refractivity contribution in [1.29, 1.82) is 0 Å². The lowest BCUT2D eigenvalue weighted by atomic mass is 9.75. The molecule has 1 aromatic carbocycles. The summed E-state index contributed by atoms with van der Waals surface area (Å²) in [5, 5.41) is 7.63. The van der Waals surface area contributed by atoms with Gasteiger partial charge in [-0.05, 0) is 43.4 Å². The van der Waals surface area contributed by atoms with Gasteiger partial charge in [-0.25, -0.2) is 9.78 Å². The maximum absolute atomic E-state index is 13.4. The Balaban J connectivity index is 1.54. The fraction of sp³-hybridized carbons (Fsp3) is 0.500. The van der Waals surface area contributed by atoms with Gasteiger partial charge in [0.1, 0.15) is 18.5 Å². The van der Waals surface area contributed by atoms with Crippen molar-refractivity contribution in [3.8, 4) is 11.4 Å². The quantitative estimate of drug-likeness (QED) is 0.551. The minimum absolute atomic E-state index is 0.0606. The van der Waals surface area contributed by atoms with Crippen LogP contribution in [0.3, 0.4) is 0 Å². The van der Waals surface area contributed by atoms with Crippen LogP contribution in [0.1, 0.15) is 32.6 Å². The third-order valence-electron chi connectivity index (χ3n) is 6.37. The van der Waals surface area contributed by atoms with Gasteiger partial charge in [-0.2, -0.15) is 5.10 Å². The molecule has 34 heavy (non-hydrogen) atoms. The minimum atomic E-state index is -1.04. The lowest BCUT2D eigenvalue weighted by Crippen LogP contribution is -2.74. The van der Waals surface area contributed by atoms with Gasteiger partial charge >= 0.3 is 6.03 Å². The second-order valence-corrected chi connectivity index (χ2v) is 9.36. The number of aromatic nitrogens is 3. The minimum Gasteiger partial charge on any atom is -0.375 e. The van der Waals surface area contributed by atoms with Crippen molar-refractivity contribution in [1.82, 2.24) is 30.5 Å². The molecule has 2 fully saturated rings. The number of aryl methyl sites for hydroxylation is 1. The van der Waals surface area contributed by atoms with E-state index in [0.29, 0.717) is 34.9 Å². The van der Waals surface area contributed by atoms with Crippen molar-refractivity contribution in [2.24, 2.45) is 13.0 Å². The van der Waals surface area contributed by atoms with E-state index in [1.807, 2.05) is 0 Å². The van der Waals surface area contributed by atoms with E-state index in [2.05, 4.69) is 33.2 Å². The van der Waals surface area contributed by atoms with E-state index in [1.54, 1.807) is 41.2 Å². The molecule has 3 atom stereocenters. The number of urea groups is 1. The van der Waals surface area contributed by atoms with Crippen LogP contribution in [0.25, 0.3) is 11.4 Å². The van der Waals surface area contributed by atoms with E-state index < -0.39 is 17.4 Å². The van der Waals surface area contributed by atoms with Crippen LogP contribution in [0.4, 0.5) is 10.5 Å². The van der Waals surface area contributed by atoms with E-state index >= 15 is 0 Å². The second-order valence-electron chi connectivity index (χ2n) is 8.95. The molecule has 2 bridgehead atoms. The van der Waals surface area contributed by atoms with E-state index in [0.717, 1.165) is 12.8 Å².